The number of amides is 1. The molecule has 0 unspecified atom stereocenters. The van der Waals surface area contributed by atoms with E-state index in [0.717, 1.165) is 12.1 Å². The molecule has 1 amide bonds. The van der Waals surface area contributed by atoms with Crippen LogP contribution in [0.5, 0.6) is 0 Å². The molecule has 0 aliphatic heterocycles. The van der Waals surface area contributed by atoms with Gasteiger partial charge in [0.1, 0.15) is 11.6 Å². The SMILES string of the molecule is O=C(Nc1ccccc1Cl)c1cncc(Nc2ccc(F)cc2F)c1. The van der Waals surface area contributed by atoms with Crippen LogP contribution < -0.4 is 10.6 Å². The van der Waals surface area contributed by atoms with Gasteiger partial charge in [-0.05, 0) is 30.3 Å². The van der Waals surface area contributed by atoms with Crippen LogP contribution in [-0.2, 0) is 0 Å². The molecular formula is C18H12ClF2N3O. The molecule has 0 saturated heterocycles. The van der Waals surface area contributed by atoms with E-state index in [9.17, 15) is 13.6 Å². The Balaban J connectivity index is 1.79. The van der Waals surface area contributed by atoms with E-state index >= 15 is 0 Å². The summed E-state index contributed by atoms with van der Waals surface area (Å²) in [6.45, 7) is 0. The summed E-state index contributed by atoms with van der Waals surface area (Å²) in [5.74, 6) is -1.83. The molecule has 0 saturated carbocycles. The second-order valence-corrected chi connectivity index (χ2v) is 5.55. The molecule has 2 N–H and O–H groups in total. The number of nitrogens with zero attached hydrogens (tertiary/aromatic N) is 1. The maximum atomic E-state index is 13.7. The lowest BCUT2D eigenvalue weighted by atomic mass is 10.2. The monoisotopic (exact) mass is 359 g/mol. The highest BCUT2D eigenvalue weighted by atomic mass is 35.5. The minimum atomic E-state index is -0.745. The zero-order valence-electron chi connectivity index (χ0n) is 12.8. The third-order valence-corrected chi connectivity index (χ3v) is 3.66. The van der Waals surface area contributed by atoms with Crippen LogP contribution in [0.4, 0.5) is 25.8 Å². The van der Waals surface area contributed by atoms with Crippen LogP contribution >= 0.6 is 11.6 Å². The summed E-state index contributed by atoms with van der Waals surface area (Å²) in [5.41, 5.74) is 1.19. The predicted octanol–water partition coefficient (Wildman–Crippen LogP) is 5.01. The molecule has 0 atom stereocenters. The topological polar surface area (TPSA) is 54.0 Å². The number of nitrogens with one attached hydrogen (secondary N) is 2. The third kappa shape index (κ3) is 4.10. The molecule has 4 nitrogen and oxygen atoms in total. The molecule has 0 bridgehead atoms. The summed E-state index contributed by atoms with van der Waals surface area (Å²) < 4.78 is 26.7. The maximum Gasteiger partial charge on any atom is 0.257 e. The van der Waals surface area contributed by atoms with Gasteiger partial charge in [0.2, 0.25) is 0 Å². The van der Waals surface area contributed by atoms with Gasteiger partial charge in [-0.25, -0.2) is 8.78 Å². The molecule has 7 heteroatoms. The number of rotatable bonds is 4. The van der Waals surface area contributed by atoms with Crippen molar-refractivity contribution in [1.82, 2.24) is 4.98 Å². The molecule has 2 aromatic carbocycles. The fraction of sp³-hybridized carbons (Fsp3) is 0. The fourth-order valence-corrected chi connectivity index (χ4v) is 2.32. The Morgan fingerprint density at radius 1 is 1.00 bits per heavy atom. The number of pyridine rings is 1. The number of aromatic nitrogens is 1. The Morgan fingerprint density at radius 3 is 2.56 bits per heavy atom. The fourth-order valence-electron chi connectivity index (χ4n) is 2.14. The zero-order valence-corrected chi connectivity index (χ0v) is 13.5. The smallest absolute Gasteiger partial charge is 0.257 e. The van der Waals surface area contributed by atoms with E-state index in [1.165, 1.54) is 24.5 Å². The summed E-state index contributed by atoms with van der Waals surface area (Å²) in [7, 11) is 0. The molecular weight excluding hydrogens is 348 g/mol. The van der Waals surface area contributed by atoms with E-state index in [2.05, 4.69) is 15.6 Å². The van der Waals surface area contributed by atoms with Crippen molar-refractivity contribution < 1.29 is 13.6 Å². The van der Waals surface area contributed by atoms with E-state index < -0.39 is 17.5 Å². The first-order valence-electron chi connectivity index (χ1n) is 7.26. The van der Waals surface area contributed by atoms with Gasteiger partial charge in [0.25, 0.3) is 5.91 Å². The molecule has 1 heterocycles. The van der Waals surface area contributed by atoms with Crippen LogP contribution in [0.15, 0.2) is 60.9 Å². The molecule has 0 aliphatic carbocycles. The number of carbonyl (C=O) groups excluding carboxylic acids is 1. The van der Waals surface area contributed by atoms with Crippen LogP contribution in [0.3, 0.4) is 0 Å². The second kappa shape index (κ2) is 7.27. The quantitative estimate of drug-likeness (QED) is 0.688. The summed E-state index contributed by atoms with van der Waals surface area (Å²) in [4.78, 5) is 16.3. The van der Waals surface area contributed by atoms with Crippen LogP contribution in [0.25, 0.3) is 0 Å². The average molecular weight is 360 g/mol. The number of anilines is 3. The minimum absolute atomic E-state index is 0.0758. The molecule has 3 aromatic rings. The Labute approximate surface area is 147 Å². The third-order valence-electron chi connectivity index (χ3n) is 3.33. The Morgan fingerprint density at radius 2 is 1.80 bits per heavy atom. The summed E-state index contributed by atoms with van der Waals surface area (Å²) in [6.07, 6.45) is 2.80. The van der Waals surface area contributed by atoms with Gasteiger partial charge < -0.3 is 10.6 Å². The van der Waals surface area contributed by atoms with Crippen molar-refractivity contribution in [2.75, 3.05) is 10.6 Å². The van der Waals surface area contributed by atoms with E-state index in [-0.39, 0.29) is 11.3 Å². The lowest BCUT2D eigenvalue weighted by Crippen LogP contribution is -2.12. The van der Waals surface area contributed by atoms with Crippen molar-refractivity contribution in [2.45, 2.75) is 0 Å². The lowest BCUT2D eigenvalue weighted by molar-refractivity contribution is 0.102. The van der Waals surface area contributed by atoms with Gasteiger partial charge in [0.05, 0.1) is 33.8 Å². The first-order valence-corrected chi connectivity index (χ1v) is 7.64. The number of hydrogen-bond acceptors (Lipinski definition) is 3. The van der Waals surface area contributed by atoms with Gasteiger partial charge in [-0.2, -0.15) is 0 Å². The van der Waals surface area contributed by atoms with E-state index in [0.29, 0.717) is 16.4 Å². The minimum Gasteiger partial charge on any atom is -0.352 e. The molecule has 1 aromatic heterocycles. The van der Waals surface area contributed by atoms with Crippen molar-refractivity contribution in [2.24, 2.45) is 0 Å². The largest absolute Gasteiger partial charge is 0.352 e. The normalized spacial score (nSPS) is 10.4. The summed E-state index contributed by atoms with van der Waals surface area (Å²) >= 11 is 6.01. The highest BCUT2D eigenvalue weighted by Gasteiger charge is 2.10. The van der Waals surface area contributed by atoms with Crippen LogP contribution in [0, 0.1) is 11.6 Å². The highest BCUT2D eigenvalue weighted by molar-refractivity contribution is 6.33. The number of carbonyl (C=O) groups is 1. The summed E-state index contributed by atoms with van der Waals surface area (Å²) in [6, 6.07) is 11.5. The van der Waals surface area contributed by atoms with Crippen molar-refractivity contribution >= 4 is 34.6 Å². The van der Waals surface area contributed by atoms with Gasteiger partial charge in [-0.15, -0.1) is 0 Å². The van der Waals surface area contributed by atoms with Crippen LogP contribution in [0.2, 0.25) is 5.02 Å². The number of para-hydroxylation sites is 1. The Kier molecular flexibility index (Phi) is 4.90. The molecule has 0 fully saturated rings. The molecule has 3 rings (SSSR count). The first kappa shape index (κ1) is 16.9. The van der Waals surface area contributed by atoms with Crippen molar-refractivity contribution in [3.8, 4) is 0 Å². The molecule has 0 aliphatic rings. The summed E-state index contributed by atoms with van der Waals surface area (Å²) in [5, 5.41) is 5.84. The van der Waals surface area contributed by atoms with Crippen molar-refractivity contribution in [3.05, 3.63) is 83.1 Å². The van der Waals surface area contributed by atoms with E-state index in [1.54, 1.807) is 24.3 Å². The van der Waals surface area contributed by atoms with Crippen LogP contribution in [0.1, 0.15) is 10.4 Å². The van der Waals surface area contributed by atoms with Crippen molar-refractivity contribution in [1.29, 1.82) is 0 Å². The highest BCUT2D eigenvalue weighted by Crippen LogP contribution is 2.23. The van der Waals surface area contributed by atoms with Crippen molar-refractivity contribution in [3.63, 3.8) is 0 Å². The number of hydrogen-bond donors (Lipinski definition) is 2. The standard InChI is InChI=1S/C18H12ClF2N3O/c19-14-3-1-2-4-16(14)24-18(25)11-7-13(10-22-9-11)23-17-6-5-12(20)8-15(17)21/h1-10,23H,(H,24,25). The second-order valence-electron chi connectivity index (χ2n) is 5.15. The first-order chi connectivity index (χ1) is 12.0. The molecule has 25 heavy (non-hydrogen) atoms. The van der Waals surface area contributed by atoms with Gasteiger partial charge in [0.15, 0.2) is 0 Å². The maximum absolute atomic E-state index is 13.7. The van der Waals surface area contributed by atoms with Gasteiger partial charge >= 0.3 is 0 Å². The van der Waals surface area contributed by atoms with Gasteiger partial charge in [-0.1, -0.05) is 23.7 Å². The molecule has 0 radical (unpaired) electrons. The van der Waals surface area contributed by atoms with Crippen LogP contribution in [-0.4, -0.2) is 10.9 Å². The van der Waals surface area contributed by atoms with E-state index in [1.807, 2.05) is 0 Å². The molecule has 0 spiro atoms. The number of halogens is 3. The van der Waals surface area contributed by atoms with Gasteiger partial charge in [-0.3, -0.25) is 9.78 Å². The van der Waals surface area contributed by atoms with E-state index in [4.69, 9.17) is 11.6 Å². The molecule has 126 valence electrons. The Bertz CT molecular complexity index is 934. The van der Waals surface area contributed by atoms with Gasteiger partial charge in [0, 0.05) is 12.3 Å². The Hall–Kier alpha value is -2.99. The predicted molar refractivity (Wildman–Crippen MR) is 93.3 cm³/mol. The lowest BCUT2D eigenvalue weighted by Gasteiger charge is -2.10. The zero-order chi connectivity index (χ0) is 17.8. The average Bonchev–Trinajstić information content (AvgIpc) is 2.60. The number of benzene rings is 2.